The van der Waals surface area contributed by atoms with Crippen molar-refractivity contribution in [3.05, 3.63) is 24.5 Å². The van der Waals surface area contributed by atoms with Gasteiger partial charge >= 0.3 is 0 Å². The minimum absolute atomic E-state index is 0.871. The number of thioether (sulfide) groups is 1. The Hall–Kier alpha value is -0.740. The van der Waals surface area contributed by atoms with Gasteiger partial charge < -0.3 is 5.32 Å². The zero-order valence-electron chi connectivity index (χ0n) is 9.56. The van der Waals surface area contributed by atoms with Crippen molar-refractivity contribution in [2.75, 3.05) is 18.1 Å². The summed E-state index contributed by atoms with van der Waals surface area (Å²) in [4.78, 5) is 0. The molecule has 1 N–H and O–H groups in total. The summed E-state index contributed by atoms with van der Waals surface area (Å²) in [5, 5.41) is 7.67. The van der Waals surface area contributed by atoms with E-state index in [4.69, 9.17) is 0 Å². The highest BCUT2D eigenvalue weighted by Gasteiger charge is 2.12. The van der Waals surface area contributed by atoms with Gasteiger partial charge in [0.05, 0.1) is 6.20 Å². The van der Waals surface area contributed by atoms with Gasteiger partial charge in [0.15, 0.2) is 0 Å². The van der Waals surface area contributed by atoms with Crippen LogP contribution in [0.2, 0.25) is 0 Å². The Bertz CT molecular complexity index is 329. The third-order valence-electron chi connectivity index (χ3n) is 2.95. The van der Waals surface area contributed by atoms with Crippen LogP contribution in [0.25, 0.3) is 6.20 Å². The number of nitrogens with zero attached hydrogens (tertiary/aromatic N) is 2. The molecule has 0 unspecified atom stereocenters. The van der Waals surface area contributed by atoms with Gasteiger partial charge in [-0.1, -0.05) is 6.58 Å². The first-order valence-electron chi connectivity index (χ1n) is 5.82. The van der Waals surface area contributed by atoms with Gasteiger partial charge in [0, 0.05) is 24.5 Å². The normalized spacial score (nSPS) is 17.5. The lowest BCUT2D eigenvalue weighted by Gasteiger charge is -2.21. The molecular weight excluding hydrogens is 218 g/mol. The second-order valence-electron chi connectivity index (χ2n) is 4.20. The van der Waals surface area contributed by atoms with Crippen LogP contribution >= 0.6 is 11.8 Å². The van der Waals surface area contributed by atoms with Gasteiger partial charge in [-0.25, -0.2) is 4.68 Å². The molecule has 2 heterocycles. The van der Waals surface area contributed by atoms with Crippen LogP contribution in [0.4, 0.5) is 0 Å². The lowest BCUT2D eigenvalue weighted by Crippen LogP contribution is -2.25. The van der Waals surface area contributed by atoms with Crippen LogP contribution in [-0.2, 0) is 6.54 Å². The average Bonchev–Trinajstić information content (AvgIpc) is 2.78. The maximum absolute atomic E-state index is 4.16. The van der Waals surface area contributed by atoms with Crippen molar-refractivity contribution in [3.63, 3.8) is 0 Å². The van der Waals surface area contributed by atoms with Gasteiger partial charge in [-0.05, 0) is 36.8 Å². The summed E-state index contributed by atoms with van der Waals surface area (Å²) in [5.41, 5.74) is 1.23. The van der Waals surface area contributed by atoms with Crippen molar-refractivity contribution in [3.8, 4) is 0 Å². The molecule has 1 aliphatic rings. The van der Waals surface area contributed by atoms with E-state index in [0.717, 1.165) is 19.0 Å². The predicted molar refractivity (Wildman–Crippen MR) is 70.4 cm³/mol. The van der Waals surface area contributed by atoms with Crippen molar-refractivity contribution in [1.82, 2.24) is 15.1 Å². The van der Waals surface area contributed by atoms with E-state index in [9.17, 15) is 0 Å². The summed E-state index contributed by atoms with van der Waals surface area (Å²) in [6, 6.07) is 0. The molecule has 1 saturated heterocycles. The monoisotopic (exact) mass is 237 g/mol. The van der Waals surface area contributed by atoms with E-state index in [2.05, 4.69) is 28.8 Å². The minimum Gasteiger partial charge on any atom is -0.312 e. The van der Waals surface area contributed by atoms with Gasteiger partial charge in [-0.3, -0.25) is 0 Å². The van der Waals surface area contributed by atoms with Crippen LogP contribution in [0.15, 0.2) is 19.0 Å². The SMILES string of the molecule is C=Cn1cc(CNCC2CCSCC2)cn1. The van der Waals surface area contributed by atoms with Crippen molar-refractivity contribution in [2.24, 2.45) is 5.92 Å². The van der Waals surface area contributed by atoms with Crippen molar-refractivity contribution < 1.29 is 0 Å². The van der Waals surface area contributed by atoms with Crippen LogP contribution in [0.1, 0.15) is 18.4 Å². The van der Waals surface area contributed by atoms with Crippen LogP contribution in [0.3, 0.4) is 0 Å². The molecule has 1 aromatic rings. The smallest absolute Gasteiger partial charge is 0.0538 e. The summed E-state index contributed by atoms with van der Waals surface area (Å²) >= 11 is 2.08. The Kier molecular flexibility index (Phi) is 4.48. The molecule has 0 bridgehead atoms. The molecule has 1 aliphatic heterocycles. The van der Waals surface area contributed by atoms with E-state index >= 15 is 0 Å². The van der Waals surface area contributed by atoms with Crippen molar-refractivity contribution in [1.29, 1.82) is 0 Å². The summed E-state index contributed by atoms with van der Waals surface area (Å²) < 4.78 is 1.74. The quantitative estimate of drug-likeness (QED) is 0.851. The highest BCUT2D eigenvalue weighted by Crippen LogP contribution is 2.21. The molecule has 0 aromatic carbocycles. The molecular formula is C12H19N3S. The molecule has 0 aliphatic carbocycles. The van der Waals surface area contributed by atoms with E-state index in [1.807, 2.05) is 12.4 Å². The standard InChI is InChI=1S/C12H19N3S/c1-2-15-10-12(9-14-15)8-13-7-11-3-5-16-6-4-11/h2,9-11,13H,1,3-8H2. The highest BCUT2D eigenvalue weighted by molar-refractivity contribution is 7.99. The lowest BCUT2D eigenvalue weighted by molar-refractivity contribution is 0.447. The van der Waals surface area contributed by atoms with E-state index in [1.54, 1.807) is 10.9 Å². The summed E-state index contributed by atoms with van der Waals surface area (Å²) in [5.74, 6) is 3.54. The van der Waals surface area contributed by atoms with Crippen molar-refractivity contribution >= 4 is 18.0 Å². The van der Waals surface area contributed by atoms with Gasteiger partial charge in [-0.2, -0.15) is 16.9 Å². The Balaban J connectivity index is 1.68. The van der Waals surface area contributed by atoms with Crippen LogP contribution in [0.5, 0.6) is 0 Å². The fourth-order valence-electron chi connectivity index (χ4n) is 1.94. The van der Waals surface area contributed by atoms with Gasteiger partial charge in [0.2, 0.25) is 0 Å². The van der Waals surface area contributed by atoms with Crippen LogP contribution in [-0.4, -0.2) is 27.8 Å². The van der Waals surface area contributed by atoms with E-state index in [1.165, 1.54) is 29.9 Å². The molecule has 0 spiro atoms. The molecule has 88 valence electrons. The number of aromatic nitrogens is 2. The fraction of sp³-hybridized carbons (Fsp3) is 0.583. The van der Waals surface area contributed by atoms with Crippen molar-refractivity contribution in [2.45, 2.75) is 19.4 Å². The number of hydrogen-bond donors (Lipinski definition) is 1. The zero-order valence-corrected chi connectivity index (χ0v) is 10.4. The van der Waals surface area contributed by atoms with Crippen LogP contribution in [0, 0.1) is 5.92 Å². The molecule has 2 rings (SSSR count). The molecule has 1 aromatic heterocycles. The maximum atomic E-state index is 4.16. The number of hydrogen-bond acceptors (Lipinski definition) is 3. The molecule has 0 amide bonds. The topological polar surface area (TPSA) is 29.9 Å². The summed E-state index contributed by atoms with van der Waals surface area (Å²) in [6.45, 7) is 5.73. The average molecular weight is 237 g/mol. The molecule has 0 atom stereocenters. The highest BCUT2D eigenvalue weighted by atomic mass is 32.2. The van der Waals surface area contributed by atoms with Gasteiger partial charge in [0.25, 0.3) is 0 Å². The Morgan fingerprint density at radius 2 is 2.38 bits per heavy atom. The molecule has 4 heteroatoms. The third-order valence-corrected chi connectivity index (χ3v) is 3.99. The Morgan fingerprint density at radius 1 is 1.56 bits per heavy atom. The molecule has 0 saturated carbocycles. The summed E-state index contributed by atoms with van der Waals surface area (Å²) in [7, 11) is 0. The molecule has 1 fully saturated rings. The first kappa shape index (κ1) is 11.7. The summed E-state index contributed by atoms with van der Waals surface area (Å²) in [6.07, 6.45) is 8.34. The number of nitrogens with one attached hydrogen (secondary N) is 1. The Morgan fingerprint density at radius 3 is 3.06 bits per heavy atom. The van der Waals surface area contributed by atoms with E-state index in [-0.39, 0.29) is 0 Å². The fourth-order valence-corrected chi connectivity index (χ4v) is 3.14. The molecule has 0 radical (unpaired) electrons. The van der Waals surface area contributed by atoms with Gasteiger partial charge in [0.1, 0.15) is 0 Å². The Labute approximate surface area is 101 Å². The third kappa shape index (κ3) is 3.39. The largest absolute Gasteiger partial charge is 0.312 e. The predicted octanol–water partition coefficient (Wildman–Crippen LogP) is 2.22. The second kappa shape index (κ2) is 6.11. The maximum Gasteiger partial charge on any atom is 0.0538 e. The molecule has 3 nitrogen and oxygen atoms in total. The van der Waals surface area contributed by atoms with E-state index < -0.39 is 0 Å². The van der Waals surface area contributed by atoms with Crippen LogP contribution < -0.4 is 5.32 Å². The molecule has 16 heavy (non-hydrogen) atoms. The lowest BCUT2D eigenvalue weighted by atomic mass is 10.0. The zero-order chi connectivity index (χ0) is 11.2. The van der Waals surface area contributed by atoms with Gasteiger partial charge in [-0.15, -0.1) is 0 Å². The first-order chi connectivity index (χ1) is 7.88. The second-order valence-corrected chi connectivity index (χ2v) is 5.42. The first-order valence-corrected chi connectivity index (χ1v) is 6.98. The minimum atomic E-state index is 0.871. The number of rotatable bonds is 5. The van der Waals surface area contributed by atoms with E-state index in [0.29, 0.717) is 0 Å².